The largest absolute Gasteiger partial charge is 0.279 e. The average molecular weight is 326 g/mol. The summed E-state index contributed by atoms with van der Waals surface area (Å²) >= 11 is 12.1. The molecule has 13 heavy (non-hydrogen) atoms. The summed E-state index contributed by atoms with van der Waals surface area (Å²) in [5.74, 6) is 0. The molecule has 0 amide bonds. The first-order valence-electron chi connectivity index (χ1n) is 3.61. The molecule has 4 heteroatoms. The second-order valence-corrected chi connectivity index (χ2v) is 4.83. The van der Waals surface area contributed by atoms with Crippen LogP contribution in [0.15, 0.2) is 30.3 Å². The Kier molecular flexibility index (Phi) is 3.95. The summed E-state index contributed by atoms with van der Waals surface area (Å²) in [5, 5.41) is 0.0300. The topological polar surface area (TPSA) is 17.1 Å². The lowest BCUT2D eigenvalue weighted by molar-refractivity contribution is -0.113. The Balaban J connectivity index is 3.11. The van der Waals surface area contributed by atoms with Gasteiger partial charge in [0.05, 0.1) is 0 Å². The van der Waals surface area contributed by atoms with E-state index in [0.29, 0.717) is 5.33 Å². The molecule has 0 heterocycles. The summed E-state index contributed by atoms with van der Waals surface area (Å²) in [6, 6.07) is 9.35. The van der Waals surface area contributed by atoms with Crippen LogP contribution in [0.4, 0.5) is 0 Å². The second kappa shape index (κ2) is 4.58. The fourth-order valence-electron chi connectivity index (χ4n) is 0.945. The molecule has 0 N–H and O–H groups in total. The predicted octanol–water partition coefficient (Wildman–Crippen LogP) is 3.44. The third-order valence-corrected chi connectivity index (χ3v) is 4.97. The molecule has 1 atom stereocenters. The summed E-state index contributed by atoms with van der Waals surface area (Å²) in [4.78, 5) is 11.2. The van der Waals surface area contributed by atoms with Gasteiger partial charge in [-0.15, -0.1) is 0 Å². The van der Waals surface area contributed by atoms with Crippen LogP contribution in [0.3, 0.4) is 0 Å². The lowest BCUT2D eigenvalue weighted by atomic mass is 10.0. The van der Waals surface area contributed by atoms with Gasteiger partial charge in [0, 0.05) is 5.33 Å². The molecule has 1 aromatic carbocycles. The highest BCUT2D eigenvalue weighted by Gasteiger charge is 2.34. The SMILES string of the molecule is O=C(Cl)C(Br)(CBr)c1ccccc1. The Hall–Kier alpha value is 0.140. The quantitative estimate of drug-likeness (QED) is 0.614. The normalized spacial score (nSPS) is 15.0. The van der Waals surface area contributed by atoms with Gasteiger partial charge in [0.15, 0.2) is 0 Å². The lowest BCUT2D eigenvalue weighted by Crippen LogP contribution is -2.27. The third kappa shape index (κ3) is 2.33. The molecule has 1 aromatic rings. The summed E-state index contributed by atoms with van der Waals surface area (Å²) in [7, 11) is 0. The second-order valence-electron chi connectivity index (χ2n) is 2.57. The molecule has 0 saturated heterocycles. The maximum Gasteiger partial charge on any atom is 0.243 e. The number of rotatable bonds is 3. The molecule has 0 aliphatic carbocycles. The van der Waals surface area contributed by atoms with Crippen molar-refractivity contribution in [1.82, 2.24) is 0 Å². The van der Waals surface area contributed by atoms with Crippen molar-refractivity contribution < 1.29 is 4.79 Å². The molecular weight excluding hydrogens is 319 g/mol. The standard InChI is InChI=1S/C9H7Br2ClO/c10-6-9(11,8(12)13)7-4-2-1-3-5-7/h1-5H,6H2. The molecule has 0 bridgehead atoms. The molecule has 0 saturated carbocycles. The van der Waals surface area contributed by atoms with Gasteiger partial charge in [0.1, 0.15) is 4.32 Å². The first-order valence-corrected chi connectivity index (χ1v) is 5.91. The van der Waals surface area contributed by atoms with Gasteiger partial charge in [-0.25, -0.2) is 0 Å². The zero-order chi connectivity index (χ0) is 9.90. The van der Waals surface area contributed by atoms with Crippen LogP contribution < -0.4 is 0 Å². The smallest absolute Gasteiger partial charge is 0.243 e. The monoisotopic (exact) mass is 324 g/mol. The van der Waals surface area contributed by atoms with E-state index < -0.39 is 9.57 Å². The zero-order valence-electron chi connectivity index (χ0n) is 6.64. The van der Waals surface area contributed by atoms with Crippen LogP contribution in [0.25, 0.3) is 0 Å². The molecule has 0 spiro atoms. The van der Waals surface area contributed by atoms with Gasteiger partial charge in [-0.2, -0.15) is 0 Å². The van der Waals surface area contributed by atoms with Crippen LogP contribution in [0.5, 0.6) is 0 Å². The third-order valence-electron chi connectivity index (χ3n) is 1.73. The van der Waals surface area contributed by atoms with Crippen LogP contribution in [0, 0.1) is 0 Å². The van der Waals surface area contributed by atoms with Crippen molar-refractivity contribution in [1.29, 1.82) is 0 Å². The molecule has 0 aliphatic rings. The average Bonchev–Trinajstić information content (AvgIpc) is 2.17. The van der Waals surface area contributed by atoms with E-state index in [-0.39, 0.29) is 0 Å². The Morgan fingerprint density at radius 3 is 2.31 bits per heavy atom. The number of hydrogen-bond donors (Lipinski definition) is 0. The molecule has 1 nitrogen and oxygen atoms in total. The maximum atomic E-state index is 11.2. The van der Waals surface area contributed by atoms with Crippen molar-refractivity contribution in [2.45, 2.75) is 4.32 Å². The minimum Gasteiger partial charge on any atom is -0.279 e. The van der Waals surface area contributed by atoms with Crippen LogP contribution >= 0.6 is 43.5 Å². The van der Waals surface area contributed by atoms with Crippen LogP contribution in [0.1, 0.15) is 5.56 Å². The molecule has 1 rings (SSSR count). The summed E-state index contributed by atoms with van der Waals surface area (Å²) in [5.41, 5.74) is 0.854. The predicted molar refractivity (Wildman–Crippen MR) is 61.7 cm³/mol. The molecular formula is C9H7Br2ClO. The van der Waals surface area contributed by atoms with E-state index in [1.807, 2.05) is 30.3 Å². The minimum absolute atomic E-state index is 0.421. The van der Waals surface area contributed by atoms with E-state index in [1.165, 1.54) is 0 Å². The van der Waals surface area contributed by atoms with Gasteiger partial charge in [0.25, 0.3) is 0 Å². The van der Waals surface area contributed by atoms with Crippen molar-refractivity contribution in [3.05, 3.63) is 35.9 Å². The number of carbonyl (C=O) groups excluding carboxylic acids is 1. The van der Waals surface area contributed by atoms with Crippen molar-refractivity contribution in [2.24, 2.45) is 0 Å². The summed E-state index contributed by atoms with van der Waals surface area (Å²) in [6.07, 6.45) is 0. The maximum absolute atomic E-state index is 11.2. The minimum atomic E-state index is -0.810. The van der Waals surface area contributed by atoms with Crippen LogP contribution in [-0.2, 0) is 9.12 Å². The molecule has 0 aromatic heterocycles. The number of benzene rings is 1. The van der Waals surface area contributed by atoms with Crippen molar-refractivity contribution in [3.63, 3.8) is 0 Å². The highest BCUT2D eigenvalue weighted by molar-refractivity contribution is 9.12. The Morgan fingerprint density at radius 1 is 1.38 bits per heavy atom. The first kappa shape index (κ1) is 11.2. The number of halogens is 3. The van der Waals surface area contributed by atoms with Gasteiger partial charge >= 0.3 is 0 Å². The zero-order valence-corrected chi connectivity index (χ0v) is 10.6. The van der Waals surface area contributed by atoms with E-state index >= 15 is 0 Å². The van der Waals surface area contributed by atoms with Crippen LogP contribution in [-0.4, -0.2) is 10.6 Å². The van der Waals surface area contributed by atoms with E-state index in [1.54, 1.807) is 0 Å². The van der Waals surface area contributed by atoms with Crippen molar-refractivity contribution >= 4 is 48.7 Å². The highest BCUT2D eigenvalue weighted by Crippen LogP contribution is 2.35. The highest BCUT2D eigenvalue weighted by atomic mass is 79.9. The number of hydrogen-bond acceptors (Lipinski definition) is 1. The lowest BCUT2D eigenvalue weighted by Gasteiger charge is -2.20. The fourth-order valence-corrected chi connectivity index (χ4v) is 2.13. The Bertz CT molecular complexity index is 302. The van der Waals surface area contributed by atoms with E-state index in [4.69, 9.17) is 11.6 Å². The first-order chi connectivity index (χ1) is 6.11. The van der Waals surface area contributed by atoms with Gasteiger partial charge in [-0.05, 0) is 17.2 Å². The van der Waals surface area contributed by atoms with E-state index in [0.717, 1.165) is 5.56 Å². The Labute approximate surface area is 98.7 Å². The number of alkyl halides is 2. The number of carbonyl (C=O) groups is 1. The summed E-state index contributed by atoms with van der Waals surface area (Å²) < 4.78 is -0.810. The van der Waals surface area contributed by atoms with Crippen molar-refractivity contribution in [3.8, 4) is 0 Å². The van der Waals surface area contributed by atoms with Gasteiger partial charge in [0.2, 0.25) is 5.24 Å². The molecule has 0 aliphatic heterocycles. The molecule has 1 unspecified atom stereocenters. The molecule has 70 valence electrons. The van der Waals surface area contributed by atoms with E-state index in [9.17, 15) is 4.79 Å². The van der Waals surface area contributed by atoms with Gasteiger partial charge < -0.3 is 0 Å². The van der Waals surface area contributed by atoms with Gasteiger partial charge in [-0.3, -0.25) is 4.79 Å². The van der Waals surface area contributed by atoms with E-state index in [2.05, 4.69) is 31.9 Å². The molecule has 0 fully saturated rings. The summed E-state index contributed by atoms with van der Waals surface area (Å²) in [6.45, 7) is 0. The Morgan fingerprint density at radius 2 is 1.92 bits per heavy atom. The van der Waals surface area contributed by atoms with Crippen LogP contribution in [0.2, 0.25) is 0 Å². The van der Waals surface area contributed by atoms with Gasteiger partial charge in [-0.1, -0.05) is 62.2 Å². The fraction of sp³-hybridized carbons (Fsp3) is 0.222. The van der Waals surface area contributed by atoms with Crippen molar-refractivity contribution in [2.75, 3.05) is 5.33 Å². The molecule has 0 radical (unpaired) electrons.